The van der Waals surface area contributed by atoms with Crippen LogP contribution in [0.25, 0.3) is 0 Å². The van der Waals surface area contributed by atoms with E-state index in [0.717, 1.165) is 6.92 Å². The summed E-state index contributed by atoms with van der Waals surface area (Å²) in [6.45, 7) is 6.35. The normalized spacial score (nSPS) is 43.4. The first-order valence-electron chi connectivity index (χ1n) is 13.3. The van der Waals surface area contributed by atoms with E-state index in [-0.39, 0.29) is 23.1 Å². The maximum Gasteiger partial charge on any atom is 0.343 e. The van der Waals surface area contributed by atoms with Gasteiger partial charge in [0.2, 0.25) is 0 Å². The second-order valence-electron chi connectivity index (χ2n) is 12.4. The summed E-state index contributed by atoms with van der Waals surface area (Å²) in [7, 11) is 0. The molecular formula is C29H36O11. The highest BCUT2D eigenvalue weighted by Crippen LogP contribution is 2.74. The van der Waals surface area contributed by atoms with Gasteiger partial charge in [-0.15, -0.1) is 0 Å². The van der Waals surface area contributed by atoms with Gasteiger partial charge in [-0.2, -0.15) is 0 Å². The summed E-state index contributed by atoms with van der Waals surface area (Å²) < 4.78 is 17.2. The maximum atomic E-state index is 13.8. The number of hydrogen-bond donors (Lipinski definition) is 5. The number of aliphatic hydroxyl groups is 5. The molecule has 40 heavy (non-hydrogen) atoms. The van der Waals surface area contributed by atoms with E-state index in [1.807, 2.05) is 0 Å². The molecule has 2 bridgehead atoms. The number of esters is 3. The van der Waals surface area contributed by atoms with Gasteiger partial charge in [-0.25, -0.2) is 9.59 Å². The Morgan fingerprint density at radius 3 is 2.27 bits per heavy atom. The van der Waals surface area contributed by atoms with Gasteiger partial charge in [-0.3, -0.25) is 4.79 Å². The average Bonchev–Trinajstić information content (AvgIpc) is 3.17. The van der Waals surface area contributed by atoms with Crippen LogP contribution in [0, 0.1) is 16.7 Å². The summed E-state index contributed by atoms with van der Waals surface area (Å²) in [5.74, 6) is -4.28. The third-order valence-corrected chi connectivity index (χ3v) is 10.2. The first kappa shape index (κ1) is 28.7. The fourth-order valence-corrected chi connectivity index (χ4v) is 8.07. The third-order valence-electron chi connectivity index (χ3n) is 10.2. The summed E-state index contributed by atoms with van der Waals surface area (Å²) in [4.78, 5) is 39.3. The molecule has 11 heteroatoms. The Balaban J connectivity index is 1.85. The van der Waals surface area contributed by atoms with Crippen LogP contribution in [0.4, 0.5) is 0 Å². The van der Waals surface area contributed by atoms with Crippen molar-refractivity contribution < 1.29 is 54.1 Å². The zero-order chi connectivity index (χ0) is 29.6. The van der Waals surface area contributed by atoms with Gasteiger partial charge in [0.25, 0.3) is 0 Å². The molecule has 3 fully saturated rings. The lowest BCUT2D eigenvalue weighted by Gasteiger charge is -2.71. The number of rotatable bonds is 4. The molecule has 0 aromatic heterocycles. The van der Waals surface area contributed by atoms with E-state index in [2.05, 4.69) is 0 Å². The van der Waals surface area contributed by atoms with Gasteiger partial charge in [0.1, 0.15) is 23.9 Å². The Morgan fingerprint density at radius 2 is 1.68 bits per heavy atom. The first-order valence-corrected chi connectivity index (χ1v) is 13.3. The number of cyclic esters (lactones) is 1. The Hall–Kier alpha value is -2.83. The van der Waals surface area contributed by atoms with Crippen molar-refractivity contribution in [3.8, 4) is 0 Å². The van der Waals surface area contributed by atoms with Gasteiger partial charge in [0, 0.05) is 24.7 Å². The summed E-state index contributed by atoms with van der Waals surface area (Å²) in [6, 6.07) is 8.01. The Morgan fingerprint density at radius 1 is 1.05 bits per heavy atom. The number of benzene rings is 1. The van der Waals surface area contributed by atoms with E-state index in [0.29, 0.717) is 0 Å². The minimum absolute atomic E-state index is 0.0589. The van der Waals surface area contributed by atoms with Gasteiger partial charge >= 0.3 is 17.9 Å². The molecule has 9 atom stereocenters. The van der Waals surface area contributed by atoms with Crippen molar-refractivity contribution in [2.24, 2.45) is 16.7 Å². The number of hydrogen-bond acceptors (Lipinski definition) is 11. The summed E-state index contributed by atoms with van der Waals surface area (Å²) in [6.07, 6.45) is -6.69. The van der Waals surface area contributed by atoms with Gasteiger partial charge in [-0.1, -0.05) is 25.1 Å². The highest BCUT2D eigenvalue weighted by atomic mass is 16.6. The number of ether oxygens (including phenoxy) is 3. The molecule has 0 radical (unpaired) electrons. The zero-order valence-electron chi connectivity index (χ0n) is 23.1. The minimum atomic E-state index is -2.60. The lowest BCUT2D eigenvalue weighted by Crippen LogP contribution is -2.85. The molecule has 1 aromatic rings. The molecule has 218 valence electrons. The van der Waals surface area contributed by atoms with Crippen molar-refractivity contribution in [2.45, 2.75) is 88.7 Å². The van der Waals surface area contributed by atoms with E-state index in [1.165, 1.54) is 19.1 Å². The van der Waals surface area contributed by atoms with Gasteiger partial charge in [-0.05, 0) is 50.5 Å². The number of carbonyl (C=O) groups excluding carboxylic acids is 3. The molecular weight excluding hydrogens is 524 g/mol. The molecule has 5 rings (SSSR count). The van der Waals surface area contributed by atoms with Crippen LogP contribution in [0.2, 0.25) is 0 Å². The molecule has 0 spiro atoms. The largest absolute Gasteiger partial charge is 0.463 e. The van der Waals surface area contributed by atoms with E-state index in [1.54, 1.807) is 39.0 Å². The number of aliphatic hydroxyl groups excluding tert-OH is 3. The van der Waals surface area contributed by atoms with Gasteiger partial charge in [0.05, 0.1) is 29.3 Å². The van der Waals surface area contributed by atoms with Gasteiger partial charge in [0.15, 0.2) is 5.60 Å². The SMILES string of the molecule is CC(=O)OCC1(O)C(O)CC(O)C2(C)C1C(OC(=O)c1ccccc1)C13CC(O)C(C)=C1C2(O)C(=O)OC3(C)C. The van der Waals surface area contributed by atoms with Crippen LogP contribution >= 0.6 is 0 Å². The second-order valence-corrected chi connectivity index (χ2v) is 12.4. The molecule has 2 saturated carbocycles. The molecule has 1 aromatic carbocycles. The van der Waals surface area contributed by atoms with Crippen LogP contribution < -0.4 is 0 Å². The van der Waals surface area contributed by atoms with E-state index in [4.69, 9.17) is 14.2 Å². The lowest BCUT2D eigenvalue weighted by atomic mass is 9.38. The molecule has 11 nitrogen and oxygen atoms in total. The lowest BCUT2D eigenvalue weighted by molar-refractivity contribution is -0.340. The van der Waals surface area contributed by atoms with Crippen LogP contribution in [-0.4, -0.2) is 91.3 Å². The molecule has 1 aliphatic heterocycles. The van der Waals surface area contributed by atoms with Crippen molar-refractivity contribution in [1.29, 1.82) is 0 Å². The summed E-state index contributed by atoms with van der Waals surface area (Å²) >= 11 is 0. The number of fused-ring (bicyclic) bond motifs is 2. The standard InChI is InChI=1S/C29H36O11/c1-14-17(31)12-27-20(14)29(37,24(35)40-25(27,3)4)26(5)18(32)11-19(33)28(36,13-38-15(2)30)21(26)22(27)39-23(34)16-9-7-6-8-10-16/h6-10,17-19,21-22,31-33,36-37H,11-13H2,1-5H3. The highest BCUT2D eigenvalue weighted by molar-refractivity contribution is 5.91. The van der Waals surface area contributed by atoms with Crippen molar-refractivity contribution in [2.75, 3.05) is 6.61 Å². The quantitative estimate of drug-likeness (QED) is 0.195. The fourth-order valence-electron chi connectivity index (χ4n) is 8.07. The minimum Gasteiger partial charge on any atom is -0.463 e. The van der Waals surface area contributed by atoms with Crippen LogP contribution in [-0.2, 0) is 23.8 Å². The van der Waals surface area contributed by atoms with Crippen molar-refractivity contribution in [3.05, 3.63) is 47.0 Å². The molecule has 4 aliphatic rings. The molecule has 1 heterocycles. The van der Waals surface area contributed by atoms with Gasteiger partial charge < -0.3 is 39.7 Å². The van der Waals surface area contributed by atoms with E-state index < -0.39 is 88.9 Å². The van der Waals surface area contributed by atoms with E-state index in [9.17, 15) is 39.9 Å². The van der Waals surface area contributed by atoms with Crippen LogP contribution in [0.15, 0.2) is 41.5 Å². The summed E-state index contributed by atoms with van der Waals surface area (Å²) in [5, 5.41) is 58.7. The first-order chi connectivity index (χ1) is 18.5. The van der Waals surface area contributed by atoms with Crippen LogP contribution in [0.5, 0.6) is 0 Å². The molecule has 1 saturated heterocycles. The number of carbonyl (C=O) groups is 3. The highest BCUT2D eigenvalue weighted by Gasteiger charge is 2.86. The molecule has 5 N–H and O–H groups in total. The van der Waals surface area contributed by atoms with Crippen LogP contribution in [0.1, 0.15) is 57.8 Å². The Labute approximate surface area is 231 Å². The van der Waals surface area contributed by atoms with Crippen LogP contribution in [0.3, 0.4) is 0 Å². The predicted octanol–water partition coefficient (Wildman–Crippen LogP) is 0.402. The third kappa shape index (κ3) is 3.32. The van der Waals surface area contributed by atoms with Crippen molar-refractivity contribution in [1.82, 2.24) is 0 Å². The Bertz CT molecular complexity index is 1290. The van der Waals surface area contributed by atoms with Crippen molar-refractivity contribution >= 4 is 17.9 Å². The second kappa shape index (κ2) is 8.83. The topological polar surface area (TPSA) is 180 Å². The monoisotopic (exact) mass is 560 g/mol. The van der Waals surface area contributed by atoms with Crippen molar-refractivity contribution in [3.63, 3.8) is 0 Å². The fraction of sp³-hybridized carbons (Fsp3) is 0.621. The smallest absolute Gasteiger partial charge is 0.343 e. The maximum absolute atomic E-state index is 13.8. The molecule has 9 unspecified atom stereocenters. The Kier molecular flexibility index (Phi) is 6.34. The van der Waals surface area contributed by atoms with E-state index >= 15 is 0 Å². The molecule has 3 aliphatic carbocycles. The predicted molar refractivity (Wildman–Crippen MR) is 136 cm³/mol. The summed E-state index contributed by atoms with van der Waals surface area (Å²) in [5.41, 5.74) is -9.68. The average molecular weight is 561 g/mol. The zero-order valence-corrected chi connectivity index (χ0v) is 23.1. The molecule has 0 amide bonds.